The van der Waals surface area contributed by atoms with Crippen molar-refractivity contribution in [2.45, 2.75) is 25.7 Å². The van der Waals surface area contributed by atoms with Crippen LogP contribution in [0.25, 0.3) is 0 Å². The standard InChI is InChI=1S/C15H21NO4/c1-16(11-3-4-15(18)19)14(17)10-7-12-5-8-13(20-2)9-6-12/h5-6,8-9H,3-4,7,10-11H2,1-2H3,(H,18,19). The maximum Gasteiger partial charge on any atom is 0.303 e. The van der Waals surface area contributed by atoms with E-state index in [0.717, 1.165) is 11.3 Å². The van der Waals surface area contributed by atoms with Gasteiger partial charge in [-0.2, -0.15) is 0 Å². The van der Waals surface area contributed by atoms with Crippen LogP contribution in [-0.2, 0) is 16.0 Å². The average Bonchev–Trinajstić information content (AvgIpc) is 2.44. The fraction of sp³-hybridized carbons (Fsp3) is 0.467. The van der Waals surface area contributed by atoms with Crippen LogP contribution in [0.1, 0.15) is 24.8 Å². The zero-order chi connectivity index (χ0) is 15.0. The first-order valence-corrected chi connectivity index (χ1v) is 6.61. The van der Waals surface area contributed by atoms with Gasteiger partial charge in [0.05, 0.1) is 7.11 Å². The van der Waals surface area contributed by atoms with Crippen LogP contribution in [0.3, 0.4) is 0 Å². The summed E-state index contributed by atoms with van der Waals surface area (Å²) in [6.45, 7) is 0.480. The third-order valence-corrected chi connectivity index (χ3v) is 3.10. The molecule has 110 valence electrons. The van der Waals surface area contributed by atoms with E-state index in [-0.39, 0.29) is 12.3 Å². The normalized spacial score (nSPS) is 10.1. The van der Waals surface area contributed by atoms with Crippen molar-refractivity contribution in [3.63, 3.8) is 0 Å². The van der Waals surface area contributed by atoms with Gasteiger partial charge in [0.1, 0.15) is 5.75 Å². The van der Waals surface area contributed by atoms with Crippen molar-refractivity contribution in [2.75, 3.05) is 20.7 Å². The Hall–Kier alpha value is -2.04. The van der Waals surface area contributed by atoms with E-state index in [1.54, 1.807) is 19.1 Å². The average molecular weight is 279 g/mol. The molecular formula is C15H21NO4. The second-order valence-electron chi connectivity index (χ2n) is 4.66. The molecule has 0 aliphatic heterocycles. The molecule has 5 heteroatoms. The lowest BCUT2D eigenvalue weighted by molar-refractivity contribution is -0.138. The van der Waals surface area contributed by atoms with Gasteiger partial charge in [-0.15, -0.1) is 0 Å². The van der Waals surface area contributed by atoms with Gasteiger partial charge in [0.25, 0.3) is 0 Å². The molecule has 1 N–H and O–H groups in total. The van der Waals surface area contributed by atoms with E-state index in [4.69, 9.17) is 9.84 Å². The molecule has 0 saturated carbocycles. The zero-order valence-electron chi connectivity index (χ0n) is 12.0. The number of aliphatic carboxylic acids is 1. The maximum atomic E-state index is 11.9. The summed E-state index contributed by atoms with van der Waals surface area (Å²) in [6, 6.07) is 7.62. The molecule has 20 heavy (non-hydrogen) atoms. The van der Waals surface area contributed by atoms with E-state index in [0.29, 0.717) is 25.8 Å². The van der Waals surface area contributed by atoms with Gasteiger partial charge < -0.3 is 14.7 Å². The number of carboxylic acids is 1. The van der Waals surface area contributed by atoms with Gasteiger partial charge in [-0.3, -0.25) is 9.59 Å². The summed E-state index contributed by atoms with van der Waals surface area (Å²) in [5.74, 6) is 0.00107. The number of carbonyl (C=O) groups is 2. The molecule has 0 spiro atoms. The Labute approximate surface area is 119 Å². The first-order chi connectivity index (χ1) is 9.52. The number of ether oxygens (including phenoxy) is 1. The topological polar surface area (TPSA) is 66.8 Å². The number of rotatable bonds is 8. The molecule has 0 atom stereocenters. The Morgan fingerprint density at radius 1 is 1.20 bits per heavy atom. The summed E-state index contributed by atoms with van der Waals surface area (Å²) >= 11 is 0. The molecule has 0 aromatic heterocycles. The first kappa shape index (κ1) is 16.0. The fourth-order valence-corrected chi connectivity index (χ4v) is 1.83. The summed E-state index contributed by atoms with van der Waals surface area (Å²) < 4.78 is 5.07. The van der Waals surface area contributed by atoms with Gasteiger partial charge in [0.15, 0.2) is 0 Å². The number of nitrogens with zero attached hydrogens (tertiary/aromatic N) is 1. The lowest BCUT2D eigenvalue weighted by atomic mass is 10.1. The van der Waals surface area contributed by atoms with Crippen molar-refractivity contribution >= 4 is 11.9 Å². The number of benzene rings is 1. The highest BCUT2D eigenvalue weighted by atomic mass is 16.5. The second-order valence-corrected chi connectivity index (χ2v) is 4.66. The number of amides is 1. The Balaban J connectivity index is 2.32. The first-order valence-electron chi connectivity index (χ1n) is 6.61. The lowest BCUT2D eigenvalue weighted by Crippen LogP contribution is -2.28. The predicted molar refractivity (Wildman–Crippen MR) is 75.8 cm³/mol. The van der Waals surface area contributed by atoms with Gasteiger partial charge in [0.2, 0.25) is 5.91 Å². The van der Waals surface area contributed by atoms with E-state index in [2.05, 4.69) is 0 Å². The van der Waals surface area contributed by atoms with E-state index in [9.17, 15) is 9.59 Å². The van der Waals surface area contributed by atoms with Crippen LogP contribution in [0, 0.1) is 0 Å². The number of hydrogen-bond acceptors (Lipinski definition) is 3. The maximum absolute atomic E-state index is 11.9. The Bertz CT molecular complexity index is 442. The molecular weight excluding hydrogens is 258 g/mol. The SMILES string of the molecule is COc1ccc(CCC(=O)N(C)CCCC(=O)O)cc1. The van der Waals surface area contributed by atoms with Crippen molar-refractivity contribution in [3.05, 3.63) is 29.8 Å². The van der Waals surface area contributed by atoms with E-state index >= 15 is 0 Å². The highest BCUT2D eigenvalue weighted by Gasteiger charge is 2.09. The summed E-state index contributed by atoms with van der Waals surface area (Å²) in [4.78, 5) is 23.9. The minimum absolute atomic E-state index is 0.0335. The molecule has 1 aromatic rings. The minimum Gasteiger partial charge on any atom is -0.497 e. The highest BCUT2D eigenvalue weighted by molar-refractivity contribution is 5.76. The molecule has 0 fully saturated rings. The summed E-state index contributed by atoms with van der Waals surface area (Å²) in [6.07, 6.45) is 1.68. The van der Waals surface area contributed by atoms with Crippen LogP contribution in [0.2, 0.25) is 0 Å². The Morgan fingerprint density at radius 2 is 1.85 bits per heavy atom. The molecule has 0 unspecified atom stereocenters. The van der Waals surface area contributed by atoms with Crippen LogP contribution >= 0.6 is 0 Å². The summed E-state index contributed by atoms with van der Waals surface area (Å²) in [5.41, 5.74) is 1.08. The quantitative estimate of drug-likeness (QED) is 0.790. The van der Waals surface area contributed by atoms with Crippen LogP contribution in [0.15, 0.2) is 24.3 Å². The molecule has 0 aliphatic rings. The third kappa shape index (κ3) is 5.73. The number of carbonyl (C=O) groups excluding carboxylic acids is 1. The predicted octanol–water partition coefficient (Wildman–Crippen LogP) is 1.95. The molecule has 0 saturated heterocycles. The second kappa shape index (κ2) is 8.19. The highest BCUT2D eigenvalue weighted by Crippen LogP contribution is 2.13. The monoisotopic (exact) mass is 279 g/mol. The van der Waals surface area contributed by atoms with Gasteiger partial charge in [-0.25, -0.2) is 0 Å². The van der Waals surface area contributed by atoms with Crippen molar-refractivity contribution in [3.8, 4) is 5.75 Å². The van der Waals surface area contributed by atoms with Gasteiger partial charge in [-0.05, 0) is 30.5 Å². The number of carboxylic acid groups (broad SMARTS) is 1. The van der Waals surface area contributed by atoms with E-state index in [1.807, 2.05) is 24.3 Å². The number of hydrogen-bond donors (Lipinski definition) is 1. The summed E-state index contributed by atoms with van der Waals surface area (Å²) in [5, 5.41) is 8.55. The van der Waals surface area contributed by atoms with Crippen LogP contribution in [0.5, 0.6) is 5.75 Å². The zero-order valence-corrected chi connectivity index (χ0v) is 12.0. The van der Waals surface area contributed by atoms with Crippen LogP contribution in [-0.4, -0.2) is 42.6 Å². The lowest BCUT2D eigenvalue weighted by Gasteiger charge is -2.16. The largest absolute Gasteiger partial charge is 0.497 e. The third-order valence-electron chi connectivity index (χ3n) is 3.10. The van der Waals surface area contributed by atoms with Crippen molar-refractivity contribution in [1.82, 2.24) is 4.90 Å². The molecule has 0 heterocycles. The van der Waals surface area contributed by atoms with Gasteiger partial charge >= 0.3 is 5.97 Å². The number of methoxy groups -OCH3 is 1. The molecule has 0 radical (unpaired) electrons. The molecule has 0 bridgehead atoms. The van der Waals surface area contributed by atoms with Crippen molar-refractivity contribution in [1.29, 1.82) is 0 Å². The molecule has 5 nitrogen and oxygen atoms in total. The minimum atomic E-state index is -0.830. The van der Waals surface area contributed by atoms with Gasteiger partial charge in [0, 0.05) is 26.4 Å². The van der Waals surface area contributed by atoms with Crippen LogP contribution in [0.4, 0.5) is 0 Å². The Morgan fingerprint density at radius 3 is 2.40 bits per heavy atom. The molecule has 1 aromatic carbocycles. The molecule has 1 amide bonds. The number of aryl methyl sites for hydroxylation is 1. The van der Waals surface area contributed by atoms with Crippen molar-refractivity contribution < 1.29 is 19.4 Å². The van der Waals surface area contributed by atoms with Crippen molar-refractivity contribution in [2.24, 2.45) is 0 Å². The van der Waals surface area contributed by atoms with Gasteiger partial charge in [-0.1, -0.05) is 12.1 Å². The molecule has 1 rings (SSSR count). The van der Waals surface area contributed by atoms with Crippen LogP contribution < -0.4 is 4.74 Å². The van der Waals surface area contributed by atoms with E-state index < -0.39 is 5.97 Å². The smallest absolute Gasteiger partial charge is 0.303 e. The van der Waals surface area contributed by atoms with E-state index in [1.165, 1.54) is 0 Å². The fourth-order valence-electron chi connectivity index (χ4n) is 1.83. The summed E-state index contributed by atoms with van der Waals surface area (Å²) in [7, 11) is 3.32. The Kier molecular flexibility index (Phi) is 6.56. The molecule has 0 aliphatic carbocycles.